The van der Waals surface area contributed by atoms with Gasteiger partial charge >= 0.3 is 0 Å². The Hall–Kier alpha value is -1.87. The lowest BCUT2D eigenvalue weighted by atomic mass is 10.0. The van der Waals surface area contributed by atoms with E-state index in [4.69, 9.17) is 9.47 Å². The first-order valence-corrected chi connectivity index (χ1v) is 7.75. The molecule has 0 aromatic heterocycles. The van der Waals surface area contributed by atoms with Gasteiger partial charge in [-0.3, -0.25) is 0 Å². The molecule has 0 unspecified atom stereocenters. The predicted molar refractivity (Wildman–Crippen MR) is 87.8 cm³/mol. The molecule has 2 aromatic carbocycles. The second kappa shape index (κ2) is 8.54. The van der Waals surface area contributed by atoms with Gasteiger partial charge in [0.2, 0.25) is 0 Å². The SMILES string of the molecule is CCc1ccc(-c2ccc(OCCCCOC)cc2F)cc1. The fourth-order valence-corrected chi connectivity index (χ4v) is 2.28. The second-order valence-corrected chi connectivity index (χ2v) is 5.24. The van der Waals surface area contributed by atoms with Crippen molar-refractivity contribution < 1.29 is 13.9 Å². The Morgan fingerprint density at radius 3 is 2.32 bits per heavy atom. The van der Waals surface area contributed by atoms with E-state index in [1.54, 1.807) is 13.2 Å². The smallest absolute Gasteiger partial charge is 0.134 e. The highest BCUT2D eigenvalue weighted by molar-refractivity contribution is 5.65. The van der Waals surface area contributed by atoms with Crippen molar-refractivity contribution >= 4 is 0 Å². The molecule has 0 amide bonds. The molecule has 0 N–H and O–H groups in total. The predicted octanol–water partition coefficient (Wildman–Crippen LogP) is 4.86. The molecule has 0 radical (unpaired) electrons. The van der Waals surface area contributed by atoms with Crippen molar-refractivity contribution in [1.29, 1.82) is 0 Å². The van der Waals surface area contributed by atoms with Crippen LogP contribution in [0.2, 0.25) is 0 Å². The summed E-state index contributed by atoms with van der Waals surface area (Å²) >= 11 is 0. The Morgan fingerprint density at radius 1 is 0.955 bits per heavy atom. The zero-order chi connectivity index (χ0) is 15.8. The number of benzene rings is 2. The lowest BCUT2D eigenvalue weighted by Crippen LogP contribution is -2.00. The first-order valence-electron chi connectivity index (χ1n) is 7.75. The van der Waals surface area contributed by atoms with Crippen LogP contribution in [0.3, 0.4) is 0 Å². The van der Waals surface area contributed by atoms with Gasteiger partial charge in [0.15, 0.2) is 0 Å². The monoisotopic (exact) mass is 302 g/mol. The van der Waals surface area contributed by atoms with Crippen LogP contribution < -0.4 is 4.74 Å². The Balaban J connectivity index is 1.99. The zero-order valence-electron chi connectivity index (χ0n) is 13.3. The molecule has 0 atom stereocenters. The van der Waals surface area contributed by atoms with Crippen molar-refractivity contribution in [3.05, 3.63) is 53.8 Å². The lowest BCUT2D eigenvalue weighted by molar-refractivity contribution is 0.184. The van der Waals surface area contributed by atoms with E-state index < -0.39 is 0 Å². The van der Waals surface area contributed by atoms with Gasteiger partial charge < -0.3 is 9.47 Å². The quantitative estimate of drug-likeness (QED) is 0.648. The third-order valence-electron chi connectivity index (χ3n) is 3.63. The van der Waals surface area contributed by atoms with Crippen molar-refractivity contribution in [2.75, 3.05) is 20.3 Å². The van der Waals surface area contributed by atoms with Crippen LogP contribution >= 0.6 is 0 Å². The van der Waals surface area contributed by atoms with E-state index in [0.29, 0.717) is 17.9 Å². The molecule has 0 spiro atoms. The van der Waals surface area contributed by atoms with Crippen molar-refractivity contribution in [2.45, 2.75) is 26.2 Å². The molecule has 22 heavy (non-hydrogen) atoms. The molecular formula is C19H23FO2. The van der Waals surface area contributed by atoms with E-state index >= 15 is 0 Å². The summed E-state index contributed by atoms with van der Waals surface area (Å²) in [6.45, 7) is 3.41. The maximum absolute atomic E-state index is 14.2. The van der Waals surface area contributed by atoms with Crippen LogP contribution in [0.1, 0.15) is 25.3 Å². The molecule has 0 saturated carbocycles. The summed E-state index contributed by atoms with van der Waals surface area (Å²) in [7, 11) is 1.68. The topological polar surface area (TPSA) is 18.5 Å². The minimum absolute atomic E-state index is 0.251. The van der Waals surface area contributed by atoms with E-state index in [0.717, 1.165) is 31.4 Å². The second-order valence-electron chi connectivity index (χ2n) is 5.24. The van der Waals surface area contributed by atoms with Gasteiger partial charge in [-0.2, -0.15) is 0 Å². The highest BCUT2D eigenvalue weighted by Gasteiger charge is 2.07. The van der Waals surface area contributed by atoms with E-state index in [1.165, 1.54) is 11.6 Å². The number of unbranched alkanes of at least 4 members (excludes halogenated alkanes) is 1. The molecule has 0 fully saturated rings. The van der Waals surface area contributed by atoms with Crippen molar-refractivity contribution in [3.63, 3.8) is 0 Å². The van der Waals surface area contributed by atoms with Gasteiger partial charge in [-0.1, -0.05) is 31.2 Å². The van der Waals surface area contributed by atoms with E-state index in [9.17, 15) is 4.39 Å². The highest BCUT2D eigenvalue weighted by atomic mass is 19.1. The molecular weight excluding hydrogens is 279 g/mol. The zero-order valence-corrected chi connectivity index (χ0v) is 13.3. The summed E-state index contributed by atoms with van der Waals surface area (Å²) in [4.78, 5) is 0. The number of rotatable bonds is 8. The first kappa shape index (κ1) is 16.5. The first-order chi connectivity index (χ1) is 10.7. The Labute approximate surface area is 131 Å². The maximum atomic E-state index is 14.2. The van der Waals surface area contributed by atoms with Crippen molar-refractivity contribution in [3.8, 4) is 16.9 Å². The number of ether oxygens (including phenoxy) is 2. The number of methoxy groups -OCH3 is 1. The molecule has 2 aromatic rings. The molecule has 3 heteroatoms. The highest BCUT2D eigenvalue weighted by Crippen LogP contribution is 2.26. The van der Waals surface area contributed by atoms with Gasteiger partial charge in [-0.15, -0.1) is 0 Å². The lowest BCUT2D eigenvalue weighted by Gasteiger charge is -2.09. The van der Waals surface area contributed by atoms with Gasteiger partial charge in [0.25, 0.3) is 0 Å². The fourth-order valence-electron chi connectivity index (χ4n) is 2.28. The van der Waals surface area contributed by atoms with Gasteiger partial charge in [0.05, 0.1) is 6.61 Å². The Morgan fingerprint density at radius 2 is 1.68 bits per heavy atom. The van der Waals surface area contributed by atoms with Gasteiger partial charge in [-0.05, 0) is 42.5 Å². The number of hydrogen-bond donors (Lipinski definition) is 0. The molecule has 0 saturated heterocycles. The number of hydrogen-bond acceptors (Lipinski definition) is 2. The van der Waals surface area contributed by atoms with Gasteiger partial charge in [0.1, 0.15) is 11.6 Å². The third kappa shape index (κ3) is 4.57. The average Bonchev–Trinajstić information content (AvgIpc) is 2.55. The molecule has 0 aliphatic heterocycles. The Bertz CT molecular complexity index is 578. The normalized spacial score (nSPS) is 10.7. The maximum Gasteiger partial charge on any atom is 0.134 e. The standard InChI is InChI=1S/C19H23FO2/c1-3-15-6-8-16(9-7-15)18-11-10-17(14-19(18)20)22-13-5-4-12-21-2/h6-11,14H,3-5,12-13H2,1-2H3. The average molecular weight is 302 g/mol. The minimum atomic E-state index is -0.251. The van der Waals surface area contributed by atoms with Crippen LogP contribution in [0.4, 0.5) is 4.39 Å². The van der Waals surface area contributed by atoms with Crippen molar-refractivity contribution in [1.82, 2.24) is 0 Å². The van der Waals surface area contributed by atoms with Crippen LogP contribution in [0.25, 0.3) is 11.1 Å². The number of halogens is 1. The minimum Gasteiger partial charge on any atom is -0.493 e. The molecule has 0 bridgehead atoms. The van der Waals surface area contributed by atoms with Crippen LogP contribution in [0.15, 0.2) is 42.5 Å². The van der Waals surface area contributed by atoms with Crippen LogP contribution in [-0.2, 0) is 11.2 Å². The largest absolute Gasteiger partial charge is 0.493 e. The van der Waals surface area contributed by atoms with E-state index in [-0.39, 0.29) is 5.82 Å². The molecule has 0 aliphatic carbocycles. The third-order valence-corrected chi connectivity index (χ3v) is 3.63. The van der Waals surface area contributed by atoms with E-state index in [1.807, 2.05) is 30.3 Å². The van der Waals surface area contributed by atoms with Gasteiger partial charge in [0, 0.05) is 25.3 Å². The summed E-state index contributed by atoms with van der Waals surface area (Å²) < 4.78 is 24.8. The summed E-state index contributed by atoms with van der Waals surface area (Å²) in [5.74, 6) is 0.322. The summed E-state index contributed by atoms with van der Waals surface area (Å²) in [6, 6.07) is 13.1. The summed E-state index contributed by atoms with van der Waals surface area (Å²) in [6.07, 6.45) is 2.83. The number of aryl methyl sites for hydroxylation is 1. The van der Waals surface area contributed by atoms with Crippen molar-refractivity contribution in [2.24, 2.45) is 0 Å². The summed E-state index contributed by atoms with van der Waals surface area (Å²) in [5, 5.41) is 0. The molecule has 118 valence electrons. The summed E-state index contributed by atoms with van der Waals surface area (Å²) in [5.41, 5.74) is 2.75. The fraction of sp³-hybridized carbons (Fsp3) is 0.368. The molecule has 0 aliphatic rings. The van der Waals surface area contributed by atoms with Crippen LogP contribution in [0.5, 0.6) is 5.75 Å². The van der Waals surface area contributed by atoms with Crippen LogP contribution in [-0.4, -0.2) is 20.3 Å². The Kier molecular flexibility index (Phi) is 6.41. The molecule has 2 nitrogen and oxygen atoms in total. The molecule has 0 heterocycles. The van der Waals surface area contributed by atoms with E-state index in [2.05, 4.69) is 6.92 Å². The van der Waals surface area contributed by atoms with Crippen LogP contribution in [0, 0.1) is 5.82 Å². The molecule has 2 rings (SSSR count). The van der Waals surface area contributed by atoms with Gasteiger partial charge in [-0.25, -0.2) is 4.39 Å².